The van der Waals surface area contributed by atoms with E-state index in [-0.39, 0.29) is 17.1 Å². The summed E-state index contributed by atoms with van der Waals surface area (Å²) in [5.74, 6) is 0.0787. The first kappa shape index (κ1) is 22.0. The van der Waals surface area contributed by atoms with Gasteiger partial charge >= 0.3 is 0 Å². The number of nitriles is 1. The quantitative estimate of drug-likeness (QED) is 0.330. The van der Waals surface area contributed by atoms with E-state index in [2.05, 4.69) is 15.8 Å². The van der Waals surface area contributed by atoms with E-state index < -0.39 is 10.0 Å². The number of fused-ring (bicyclic) bond motifs is 2. The molecule has 0 amide bonds. The van der Waals surface area contributed by atoms with Crippen LogP contribution in [0.3, 0.4) is 0 Å². The Morgan fingerprint density at radius 2 is 1.76 bits per heavy atom. The lowest BCUT2D eigenvalue weighted by molar-refractivity contribution is 0.469. The maximum atomic E-state index is 13.2. The minimum atomic E-state index is -3.84. The number of rotatable bonds is 5. The summed E-state index contributed by atoms with van der Waals surface area (Å²) in [6.45, 7) is 0. The van der Waals surface area contributed by atoms with Crippen molar-refractivity contribution >= 4 is 49.1 Å². The van der Waals surface area contributed by atoms with Gasteiger partial charge in [0, 0.05) is 32.8 Å². The molecule has 0 unspecified atom stereocenters. The summed E-state index contributed by atoms with van der Waals surface area (Å²) in [6, 6.07) is 20.5. The highest BCUT2D eigenvalue weighted by Gasteiger charge is 2.22. The third-order valence-electron chi connectivity index (χ3n) is 5.64. The van der Waals surface area contributed by atoms with Gasteiger partial charge in [-0.3, -0.25) is 9.71 Å². The maximum Gasteiger partial charge on any atom is 0.258 e. The predicted molar refractivity (Wildman–Crippen MR) is 135 cm³/mol. The summed E-state index contributed by atoms with van der Waals surface area (Å²) < 4.78 is 29.0. The number of nitrogens with zero attached hydrogens (tertiary/aromatic N) is 2. The Balaban J connectivity index is 1.59. The number of aromatic hydroxyl groups is 1. The minimum Gasteiger partial charge on any atom is -0.506 e. The van der Waals surface area contributed by atoms with Crippen molar-refractivity contribution in [2.75, 3.05) is 4.72 Å². The first-order valence-corrected chi connectivity index (χ1v) is 12.9. The summed E-state index contributed by atoms with van der Waals surface area (Å²) in [5, 5.41) is 22.2. The van der Waals surface area contributed by atoms with Gasteiger partial charge in [-0.1, -0.05) is 54.2 Å². The first-order valence-electron chi connectivity index (χ1n) is 10.6. The van der Waals surface area contributed by atoms with E-state index in [1.165, 1.54) is 17.8 Å². The molecule has 0 saturated carbocycles. The molecule has 5 rings (SSSR count). The van der Waals surface area contributed by atoms with Gasteiger partial charge in [0.05, 0.1) is 27.1 Å². The molecule has 0 spiro atoms. The van der Waals surface area contributed by atoms with Crippen LogP contribution < -0.4 is 4.72 Å². The van der Waals surface area contributed by atoms with Crippen molar-refractivity contribution in [3.05, 3.63) is 89.5 Å². The van der Waals surface area contributed by atoms with Gasteiger partial charge in [0.2, 0.25) is 0 Å². The van der Waals surface area contributed by atoms with E-state index in [1.54, 1.807) is 42.6 Å². The molecule has 1 aliphatic carbocycles. The number of hydrogen-bond donors (Lipinski definition) is 2. The normalized spacial score (nSPS) is 13.9. The number of benzene rings is 3. The monoisotopic (exact) mass is 485 g/mol. The van der Waals surface area contributed by atoms with E-state index >= 15 is 0 Å². The Labute approximate surface area is 201 Å². The molecule has 168 valence electrons. The van der Waals surface area contributed by atoms with Gasteiger partial charge < -0.3 is 5.11 Å². The zero-order chi connectivity index (χ0) is 23.7. The molecule has 1 aromatic heterocycles. The van der Waals surface area contributed by atoms with Crippen LogP contribution in [0.15, 0.2) is 99.3 Å². The van der Waals surface area contributed by atoms with Gasteiger partial charge in [0.1, 0.15) is 5.75 Å². The fourth-order valence-electron chi connectivity index (χ4n) is 3.92. The lowest BCUT2D eigenvalue weighted by atomic mass is 10.1. The summed E-state index contributed by atoms with van der Waals surface area (Å²) >= 11 is 1.33. The highest BCUT2D eigenvalue weighted by atomic mass is 32.2. The summed E-state index contributed by atoms with van der Waals surface area (Å²) in [4.78, 5) is 6.06. The van der Waals surface area contributed by atoms with Crippen LogP contribution in [0.4, 0.5) is 5.69 Å². The van der Waals surface area contributed by atoms with Crippen molar-refractivity contribution in [2.24, 2.45) is 0 Å². The van der Waals surface area contributed by atoms with Gasteiger partial charge in [-0.15, -0.1) is 0 Å². The molecule has 0 radical (unpaired) electrons. The fraction of sp³-hybridized carbons (Fsp3) is 0.0769. The predicted octanol–water partition coefficient (Wildman–Crippen LogP) is 6.11. The van der Waals surface area contributed by atoms with Crippen LogP contribution in [-0.2, 0) is 10.0 Å². The van der Waals surface area contributed by atoms with E-state index in [4.69, 9.17) is 5.26 Å². The average molecular weight is 486 g/mol. The summed E-state index contributed by atoms with van der Waals surface area (Å²) in [7, 11) is -3.84. The van der Waals surface area contributed by atoms with Crippen molar-refractivity contribution in [3.63, 3.8) is 0 Å². The Morgan fingerprint density at radius 1 is 0.971 bits per heavy atom. The Bertz CT molecular complexity index is 1650. The van der Waals surface area contributed by atoms with Gasteiger partial charge in [0.15, 0.2) is 0 Å². The van der Waals surface area contributed by atoms with Gasteiger partial charge in [0.25, 0.3) is 10.0 Å². The van der Waals surface area contributed by atoms with Crippen LogP contribution in [0.1, 0.15) is 12.8 Å². The number of allylic oxidation sites excluding steroid dienone is 4. The summed E-state index contributed by atoms with van der Waals surface area (Å²) in [6.07, 6.45) is 5.38. The molecule has 2 N–H and O–H groups in total. The third-order valence-corrected chi connectivity index (χ3v) is 8.24. The smallest absolute Gasteiger partial charge is 0.258 e. The average Bonchev–Trinajstić information content (AvgIpc) is 2.87. The molecule has 6 nitrogen and oxygen atoms in total. The van der Waals surface area contributed by atoms with Gasteiger partial charge in [-0.25, -0.2) is 8.42 Å². The van der Waals surface area contributed by atoms with Crippen molar-refractivity contribution in [2.45, 2.75) is 22.6 Å². The fourth-order valence-corrected chi connectivity index (χ4v) is 6.16. The number of hydrogen-bond acceptors (Lipinski definition) is 6. The second kappa shape index (κ2) is 8.86. The zero-order valence-electron chi connectivity index (χ0n) is 17.9. The van der Waals surface area contributed by atoms with Gasteiger partial charge in [-0.2, -0.15) is 5.26 Å². The molecular weight excluding hydrogens is 466 g/mol. The van der Waals surface area contributed by atoms with Gasteiger partial charge in [-0.05, 0) is 43.2 Å². The molecule has 3 aromatic carbocycles. The molecule has 0 saturated heterocycles. The molecule has 4 aromatic rings. The number of sulfonamides is 1. The van der Waals surface area contributed by atoms with Crippen LogP contribution in [0.2, 0.25) is 0 Å². The SMILES string of the molecule is N#CC1=CC=C(S(=O)(=O)Nc2cc(Sc3cccc4cccnc34)c(O)c3ccccc23)CC1. The Kier molecular flexibility index (Phi) is 5.74. The van der Waals surface area contributed by atoms with Crippen LogP contribution in [0, 0.1) is 11.3 Å². The number of anilines is 1. The molecule has 0 atom stereocenters. The van der Waals surface area contributed by atoms with Crippen molar-refractivity contribution in [1.82, 2.24) is 4.98 Å². The number of pyridine rings is 1. The Morgan fingerprint density at radius 3 is 2.53 bits per heavy atom. The largest absolute Gasteiger partial charge is 0.506 e. The van der Waals surface area contributed by atoms with Crippen molar-refractivity contribution in [3.8, 4) is 11.8 Å². The highest BCUT2D eigenvalue weighted by molar-refractivity contribution is 7.99. The molecule has 1 aliphatic rings. The molecule has 0 bridgehead atoms. The number of nitrogens with one attached hydrogen (secondary N) is 1. The van der Waals surface area contributed by atoms with Crippen LogP contribution in [0.5, 0.6) is 5.75 Å². The molecule has 34 heavy (non-hydrogen) atoms. The lowest BCUT2D eigenvalue weighted by Crippen LogP contribution is -2.16. The van der Waals surface area contributed by atoms with E-state index in [0.29, 0.717) is 33.3 Å². The number of phenols is 1. The maximum absolute atomic E-state index is 13.2. The second-order valence-corrected chi connectivity index (χ2v) is 10.6. The molecular formula is C26H19N3O3S2. The van der Waals surface area contributed by atoms with Crippen LogP contribution in [0.25, 0.3) is 21.7 Å². The lowest BCUT2D eigenvalue weighted by Gasteiger charge is -2.17. The molecule has 0 fully saturated rings. The van der Waals surface area contributed by atoms with E-state index in [9.17, 15) is 13.5 Å². The zero-order valence-corrected chi connectivity index (χ0v) is 19.5. The minimum absolute atomic E-state index is 0.0787. The number of phenolic OH excluding ortho intramolecular Hbond substituents is 1. The topological polar surface area (TPSA) is 103 Å². The van der Waals surface area contributed by atoms with Crippen molar-refractivity contribution < 1.29 is 13.5 Å². The van der Waals surface area contributed by atoms with Crippen LogP contribution >= 0.6 is 11.8 Å². The van der Waals surface area contributed by atoms with E-state index in [0.717, 1.165) is 15.8 Å². The highest BCUT2D eigenvalue weighted by Crippen LogP contribution is 2.44. The molecule has 8 heteroatoms. The van der Waals surface area contributed by atoms with Crippen LogP contribution in [-0.4, -0.2) is 18.5 Å². The van der Waals surface area contributed by atoms with E-state index in [1.807, 2.05) is 30.3 Å². The first-order chi connectivity index (χ1) is 16.5. The Hall–Kier alpha value is -3.80. The molecule has 1 heterocycles. The second-order valence-electron chi connectivity index (χ2n) is 7.79. The standard InChI is InChI=1S/C26H19N3O3S2/c27-16-17-10-12-19(13-11-17)34(31,32)29-22-15-24(26(30)21-8-2-1-7-20(21)22)33-23-9-3-5-18-6-4-14-28-25(18)23/h1-10,12,14-15,29-30H,11,13H2. The third kappa shape index (κ3) is 4.12. The summed E-state index contributed by atoms with van der Waals surface area (Å²) in [5.41, 5.74) is 1.73. The molecule has 0 aliphatic heterocycles. The number of aromatic nitrogens is 1. The van der Waals surface area contributed by atoms with Crippen molar-refractivity contribution in [1.29, 1.82) is 5.26 Å². The number of para-hydroxylation sites is 1.